The van der Waals surface area contributed by atoms with Crippen molar-refractivity contribution in [1.82, 2.24) is 10.2 Å². The number of benzene rings is 1. The molecule has 3 nitrogen and oxygen atoms in total. The van der Waals surface area contributed by atoms with E-state index < -0.39 is 0 Å². The zero-order valence-corrected chi connectivity index (χ0v) is 6.96. The molecule has 12 heavy (non-hydrogen) atoms. The Morgan fingerprint density at radius 2 is 2.33 bits per heavy atom. The maximum Gasteiger partial charge on any atom is 0.0926 e. The molecule has 0 unspecified atom stereocenters. The van der Waals surface area contributed by atoms with Crippen LogP contribution in [-0.2, 0) is 6.54 Å². The number of fused-ring (bicyclic) bond motifs is 1. The topological polar surface area (TPSA) is 54.7 Å². The van der Waals surface area contributed by atoms with Crippen LogP contribution in [0.5, 0.6) is 0 Å². The first-order valence-corrected chi connectivity index (χ1v) is 3.95. The maximum atomic E-state index is 5.53. The molecule has 2 aromatic rings. The van der Waals surface area contributed by atoms with Gasteiger partial charge in [0.2, 0.25) is 0 Å². The number of aryl methyl sites for hydroxylation is 1. The van der Waals surface area contributed by atoms with Crippen molar-refractivity contribution in [3.8, 4) is 0 Å². The fourth-order valence-electron chi connectivity index (χ4n) is 1.33. The number of hydrogen-bond acceptors (Lipinski definition) is 2. The lowest BCUT2D eigenvalue weighted by atomic mass is 10.1. The van der Waals surface area contributed by atoms with E-state index in [1.54, 1.807) is 0 Å². The van der Waals surface area contributed by atoms with E-state index in [-0.39, 0.29) is 0 Å². The van der Waals surface area contributed by atoms with Crippen LogP contribution in [0, 0.1) is 6.92 Å². The number of hydrogen-bond donors (Lipinski definition) is 2. The van der Waals surface area contributed by atoms with Crippen LogP contribution in [-0.4, -0.2) is 10.2 Å². The van der Waals surface area contributed by atoms with Crippen LogP contribution in [0.1, 0.15) is 11.3 Å². The fraction of sp³-hybridized carbons (Fsp3) is 0.222. The molecule has 1 aromatic heterocycles. The first-order valence-electron chi connectivity index (χ1n) is 3.95. The molecule has 2 rings (SSSR count). The molecular formula is C9H11N3. The van der Waals surface area contributed by atoms with E-state index >= 15 is 0 Å². The lowest BCUT2D eigenvalue weighted by Gasteiger charge is -1.92. The normalized spacial score (nSPS) is 10.8. The second-order valence-electron chi connectivity index (χ2n) is 2.93. The summed E-state index contributed by atoms with van der Waals surface area (Å²) >= 11 is 0. The number of rotatable bonds is 1. The Kier molecular flexibility index (Phi) is 1.59. The summed E-state index contributed by atoms with van der Waals surface area (Å²) in [6.45, 7) is 2.57. The lowest BCUT2D eigenvalue weighted by molar-refractivity contribution is 0.959. The largest absolute Gasteiger partial charge is 0.325 e. The number of nitrogens with one attached hydrogen (secondary N) is 1. The second-order valence-corrected chi connectivity index (χ2v) is 2.93. The Morgan fingerprint density at radius 1 is 1.50 bits per heavy atom. The zero-order valence-electron chi connectivity index (χ0n) is 6.96. The van der Waals surface area contributed by atoms with E-state index in [2.05, 4.69) is 29.3 Å². The van der Waals surface area contributed by atoms with Crippen molar-refractivity contribution in [3.05, 3.63) is 29.5 Å². The Morgan fingerprint density at radius 3 is 3.08 bits per heavy atom. The molecule has 0 aliphatic rings. The average molecular weight is 161 g/mol. The van der Waals surface area contributed by atoms with Gasteiger partial charge < -0.3 is 5.73 Å². The predicted molar refractivity (Wildman–Crippen MR) is 48.7 cm³/mol. The molecule has 0 saturated carbocycles. The first-order chi connectivity index (χ1) is 5.81. The Balaban J connectivity index is 2.73. The van der Waals surface area contributed by atoms with Gasteiger partial charge in [-0.2, -0.15) is 5.10 Å². The van der Waals surface area contributed by atoms with Gasteiger partial charge in [0.1, 0.15) is 0 Å². The molecule has 1 aromatic carbocycles. The molecule has 1 heterocycles. The summed E-state index contributed by atoms with van der Waals surface area (Å²) in [6.07, 6.45) is 0. The molecule has 0 fully saturated rings. The quantitative estimate of drug-likeness (QED) is 0.663. The van der Waals surface area contributed by atoms with Crippen LogP contribution in [0.3, 0.4) is 0 Å². The molecule has 3 N–H and O–H groups in total. The third-order valence-corrected chi connectivity index (χ3v) is 1.99. The van der Waals surface area contributed by atoms with Crippen molar-refractivity contribution < 1.29 is 0 Å². The van der Waals surface area contributed by atoms with E-state index in [1.165, 1.54) is 5.56 Å². The molecule has 62 valence electrons. The third kappa shape index (κ3) is 0.987. The highest BCUT2D eigenvalue weighted by molar-refractivity contribution is 5.81. The first kappa shape index (κ1) is 7.31. The number of nitrogens with two attached hydrogens (primary N) is 1. The van der Waals surface area contributed by atoms with Crippen LogP contribution >= 0.6 is 0 Å². The SMILES string of the molecule is Cc1ccc2c(CN)[nH]nc2c1. The minimum Gasteiger partial charge on any atom is -0.325 e. The minimum absolute atomic E-state index is 0.513. The summed E-state index contributed by atoms with van der Waals surface area (Å²) in [6, 6.07) is 6.17. The molecule has 0 spiro atoms. The molecule has 0 amide bonds. The number of aromatic nitrogens is 2. The van der Waals surface area contributed by atoms with Gasteiger partial charge in [-0.25, -0.2) is 0 Å². The van der Waals surface area contributed by atoms with Gasteiger partial charge in [0.05, 0.1) is 11.2 Å². The van der Waals surface area contributed by atoms with Gasteiger partial charge in [0.25, 0.3) is 0 Å². The molecule has 3 heteroatoms. The van der Waals surface area contributed by atoms with E-state index in [4.69, 9.17) is 5.73 Å². The summed E-state index contributed by atoms with van der Waals surface area (Å²) in [5.74, 6) is 0. The van der Waals surface area contributed by atoms with E-state index in [0.717, 1.165) is 16.6 Å². The minimum atomic E-state index is 0.513. The lowest BCUT2D eigenvalue weighted by Crippen LogP contribution is -1.96. The highest BCUT2D eigenvalue weighted by Gasteiger charge is 2.01. The fourth-order valence-corrected chi connectivity index (χ4v) is 1.33. The molecule has 0 radical (unpaired) electrons. The highest BCUT2D eigenvalue weighted by atomic mass is 15.1. The van der Waals surface area contributed by atoms with Gasteiger partial charge in [-0.1, -0.05) is 12.1 Å². The Bertz CT molecular complexity index is 403. The molecular weight excluding hydrogens is 150 g/mol. The molecule has 0 bridgehead atoms. The van der Waals surface area contributed by atoms with E-state index in [1.807, 2.05) is 6.07 Å². The Hall–Kier alpha value is -1.35. The number of nitrogens with zero attached hydrogens (tertiary/aromatic N) is 1. The smallest absolute Gasteiger partial charge is 0.0926 e. The van der Waals surface area contributed by atoms with Crippen LogP contribution < -0.4 is 5.73 Å². The standard InChI is InChI=1S/C9H11N3/c1-6-2-3-7-8(4-6)11-12-9(7)5-10/h2-4H,5,10H2,1H3,(H,11,12). The van der Waals surface area contributed by atoms with Crippen LogP contribution in [0.15, 0.2) is 18.2 Å². The van der Waals surface area contributed by atoms with Gasteiger partial charge in [-0.15, -0.1) is 0 Å². The molecule has 0 atom stereocenters. The third-order valence-electron chi connectivity index (χ3n) is 1.99. The zero-order chi connectivity index (χ0) is 8.55. The van der Waals surface area contributed by atoms with Crippen molar-refractivity contribution in [3.63, 3.8) is 0 Å². The summed E-state index contributed by atoms with van der Waals surface area (Å²) < 4.78 is 0. The number of aromatic amines is 1. The summed E-state index contributed by atoms with van der Waals surface area (Å²) in [5.41, 5.74) is 8.75. The van der Waals surface area contributed by atoms with Crippen molar-refractivity contribution in [2.75, 3.05) is 0 Å². The van der Waals surface area contributed by atoms with E-state index in [0.29, 0.717) is 6.54 Å². The molecule has 0 aliphatic carbocycles. The van der Waals surface area contributed by atoms with Crippen molar-refractivity contribution >= 4 is 10.9 Å². The van der Waals surface area contributed by atoms with Crippen molar-refractivity contribution in [2.24, 2.45) is 5.73 Å². The van der Waals surface area contributed by atoms with Gasteiger partial charge in [0.15, 0.2) is 0 Å². The summed E-state index contributed by atoms with van der Waals surface area (Å²) in [7, 11) is 0. The number of H-pyrrole nitrogens is 1. The monoisotopic (exact) mass is 161 g/mol. The molecule has 0 aliphatic heterocycles. The highest BCUT2D eigenvalue weighted by Crippen LogP contribution is 2.16. The van der Waals surface area contributed by atoms with Crippen molar-refractivity contribution in [2.45, 2.75) is 13.5 Å². The average Bonchev–Trinajstić information content (AvgIpc) is 2.46. The van der Waals surface area contributed by atoms with Gasteiger partial charge >= 0.3 is 0 Å². The molecule has 0 saturated heterocycles. The van der Waals surface area contributed by atoms with Gasteiger partial charge in [0, 0.05) is 11.9 Å². The maximum absolute atomic E-state index is 5.53. The Labute approximate surface area is 70.6 Å². The van der Waals surface area contributed by atoms with E-state index in [9.17, 15) is 0 Å². The van der Waals surface area contributed by atoms with Crippen molar-refractivity contribution in [1.29, 1.82) is 0 Å². The second kappa shape index (κ2) is 2.60. The summed E-state index contributed by atoms with van der Waals surface area (Å²) in [4.78, 5) is 0. The van der Waals surface area contributed by atoms with Crippen LogP contribution in [0.2, 0.25) is 0 Å². The summed E-state index contributed by atoms with van der Waals surface area (Å²) in [5, 5.41) is 8.19. The van der Waals surface area contributed by atoms with Crippen LogP contribution in [0.25, 0.3) is 10.9 Å². The van der Waals surface area contributed by atoms with Gasteiger partial charge in [-0.3, -0.25) is 5.10 Å². The van der Waals surface area contributed by atoms with Crippen LogP contribution in [0.4, 0.5) is 0 Å². The van der Waals surface area contributed by atoms with Gasteiger partial charge in [-0.05, 0) is 18.6 Å². The predicted octanol–water partition coefficient (Wildman–Crippen LogP) is 1.33.